The van der Waals surface area contributed by atoms with E-state index >= 15 is 0 Å². The molecule has 0 bridgehead atoms. The van der Waals surface area contributed by atoms with Gasteiger partial charge in [0.15, 0.2) is 0 Å². The molecular formula is C14H19FN2OS. The fourth-order valence-corrected chi connectivity index (χ4v) is 2.83. The van der Waals surface area contributed by atoms with E-state index in [1.807, 2.05) is 11.9 Å². The van der Waals surface area contributed by atoms with Crippen LogP contribution < -0.4 is 10.6 Å². The molecule has 3 nitrogen and oxygen atoms in total. The molecule has 104 valence electrons. The first-order chi connectivity index (χ1) is 8.91. The Morgan fingerprint density at radius 1 is 1.47 bits per heavy atom. The van der Waals surface area contributed by atoms with E-state index in [0.717, 1.165) is 31.4 Å². The van der Waals surface area contributed by atoms with Gasteiger partial charge in [0.1, 0.15) is 10.8 Å². The van der Waals surface area contributed by atoms with E-state index in [4.69, 9.17) is 18.0 Å². The summed E-state index contributed by atoms with van der Waals surface area (Å²) in [5.41, 5.74) is 5.76. The summed E-state index contributed by atoms with van der Waals surface area (Å²) in [6, 6.07) is 4.77. The van der Waals surface area contributed by atoms with Crippen molar-refractivity contribution in [1.29, 1.82) is 0 Å². The van der Waals surface area contributed by atoms with Gasteiger partial charge in [0, 0.05) is 24.8 Å². The summed E-state index contributed by atoms with van der Waals surface area (Å²) >= 11 is 4.78. The number of likely N-dealkylation sites (N-methyl/N-ethyl adjacent to an activating group) is 1. The standard InChI is InChI=1S/C14H19FN2OS/c1-17(9-14(18)6-2-3-7-14)10-4-5-11(13(16)19)12(15)8-10/h4-5,8,18H,2-3,6-7,9H2,1H3,(H2,16,19). The number of benzene rings is 1. The lowest BCUT2D eigenvalue weighted by Gasteiger charge is -2.30. The molecule has 0 radical (unpaired) electrons. The van der Waals surface area contributed by atoms with Crippen molar-refractivity contribution in [3.8, 4) is 0 Å². The second-order valence-corrected chi connectivity index (χ2v) is 5.76. The normalized spacial score (nSPS) is 17.4. The number of rotatable bonds is 4. The summed E-state index contributed by atoms with van der Waals surface area (Å²) in [6.07, 6.45) is 3.73. The van der Waals surface area contributed by atoms with Crippen LogP contribution in [0, 0.1) is 5.82 Å². The third kappa shape index (κ3) is 3.22. The maximum atomic E-state index is 13.8. The van der Waals surface area contributed by atoms with Gasteiger partial charge in [-0.05, 0) is 31.0 Å². The molecular weight excluding hydrogens is 263 g/mol. The van der Waals surface area contributed by atoms with E-state index in [-0.39, 0.29) is 10.6 Å². The van der Waals surface area contributed by atoms with Gasteiger partial charge in [0.05, 0.1) is 5.60 Å². The average Bonchev–Trinajstić information content (AvgIpc) is 2.75. The quantitative estimate of drug-likeness (QED) is 0.831. The molecule has 2 rings (SSSR count). The van der Waals surface area contributed by atoms with Gasteiger partial charge in [-0.3, -0.25) is 0 Å². The summed E-state index contributed by atoms with van der Waals surface area (Å²) in [6.45, 7) is 0.513. The van der Waals surface area contributed by atoms with E-state index in [1.165, 1.54) is 6.07 Å². The number of hydrogen-bond donors (Lipinski definition) is 2. The average molecular weight is 282 g/mol. The molecule has 1 aliphatic rings. The lowest BCUT2D eigenvalue weighted by molar-refractivity contribution is 0.0559. The van der Waals surface area contributed by atoms with Crippen LogP contribution in [-0.2, 0) is 0 Å². The highest BCUT2D eigenvalue weighted by molar-refractivity contribution is 7.80. The second kappa shape index (κ2) is 5.43. The minimum Gasteiger partial charge on any atom is -0.389 e. The molecule has 0 amide bonds. The van der Waals surface area contributed by atoms with Crippen LogP contribution in [-0.4, -0.2) is 29.3 Å². The van der Waals surface area contributed by atoms with E-state index in [2.05, 4.69) is 0 Å². The zero-order valence-electron chi connectivity index (χ0n) is 11.0. The van der Waals surface area contributed by atoms with E-state index in [9.17, 15) is 9.50 Å². The van der Waals surface area contributed by atoms with Gasteiger partial charge in [0.25, 0.3) is 0 Å². The number of nitrogens with zero attached hydrogens (tertiary/aromatic N) is 1. The molecule has 19 heavy (non-hydrogen) atoms. The molecule has 0 atom stereocenters. The van der Waals surface area contributed by atoms with Crippen molar-refractivity contribution in [3.63, 3.8) is 0 Å². The molecule has 1 aromatic carbocycles. The van der Waals surface area contributed by atoms with Crippen molar-refractivity contribution < 1.29 is 9.50 Å². The highest BCUT2D eigenvalue weighted by Gasteiger charge is 2.32. The van der Waals surface area contributed by atoms with Crippen LogP contribution in [0.1, 0.15) is 31.2 Å². The van der Waals surface area contributed by atoms with Crippen LogP contribution in [0.25, 0.3) is 0 Å². The van der Waals surface area contributed by atoms with Crippen molar-refractivity contribution in [1.82, 2.24) is 0 Å². The molecule has 0 spiro atoms. The monoisotopic (exact) mass is 282 g/mol. The van der Waals surface area contributed by atoms with Crippen LogP contribution >= 0.6 is 12.2 Å². The van der Waals surface area contributed by atoms with Crippen molar-refractivity contribution >= 4 is 22.9 Å². The van der Waals surface area contributed by atoms with Gasteiger partial charge < -0.3 is 15.7 Å². The van der Waals surface area contributed by atoms with Gasteiger partial charge in [-0.2, -0.15) is 0 Å². The van der Waals surface area contributed by atoms with Crippen LogP contribution in [0.5, 0.6) is 0 Å². The number of halogens is 1. The highest BCUT2D eigenvalue weighted by atomic mass is 32.1. The van der Waals surface area contributed by atoms with Crippen molar-refractivity contribution in [2.45, 2.75) is 31.3 Å². The first-order valence-corrected chi connectivity index (χ1v) is 6.85. The van der Waals surface area contributed by atoms with Gasteiger partial charge in [0.2, 0.25) is 0 Å². The Balaban J connectivity index is 2.13. The number of nitrogens with two attached hydrogens (primary N) is 1. The SMILES string of the molecule is CN(CC1(O)CCCC1)c1ccc(C(N)=S)c(F)c1. The Labute approximate surface area is 118 Å². The summed E-state index contributed by atoms with van der Waals surface area (Å²) < 4.78 is 13.8. The predicted molar refractivity (Wildman–Crippen MR) is 79.0 cm³/mol. The van der Waals surface area contributed by atoms with Gasteiger partial charge in [-0.25, -0.2) is 4.39 Å². The Kier molecular flexibility index (Phi) is 4.06. The van der Waals surface area contributed by atoms with Gasteiger partial charge in [-0.1, -0.05) is 25.1 Å². The molecule has 0 heterocycles. The molecule has 0 saturated heterocycles. The smallest absolute Gasteiger partial charge is 0.135 e. The fraction of sp³-hybridized carbons (Fsp3) is 0.500. The molecule has 1 aliphatic carbocycles. The third-order valence-electron chi connectivity index (χ3n) is 3.72. The minimum absolute atomic E-state index is 0.0566. The first-order valence-electron chi connectivity index (χ1n) is 6.44. The van der Waals surface area contributed by atoms with Crippen LogP contribution in [0.2, 0.25) is 0 Å². The molecule has 0 unspecified atom stereocenters. The molecule has 1 fully saturated rings. The number of aliphatic hydroxyl groups is 1. The number of anilines is 1. The first kappa shape index (κ1) is 14.2. The topological polar surface area (TPSA) is 49.5 Å². The Morgan fingerprint density at radius 2 is 2.11 bits per heavy atom. The molecule has 3 N–H and O–H groups in total. The molecule has 1 saturated carbocycles. The largest absolute Gasteiger partial charge is 0.389 e. The van der Waals surface area contributed by atoms with Crippen molar-refractivity contribution in [2.75, 3.05) is 18.5 Å². The number of thiocarbonyl (C=S) groups is 1. The summed E-state index contributed by atoms with van der Waals surface area (Å²) in [7, 11) is 1.85. The van der Waals surface area contributed by atoms with Crippen molar-refractivity contribution in [3.05, 3.63) is 29.6 Å². The maximum Gasteiger partial charge on any atom is 0.135 e. The predicted octanol–water partition coefficient (Wildman–Crippen LogP) is 2.20. The Bertz CT molecular complexity index is 486. The molecule has 0 aliphatic heterocycles. The molecule has 0 aromatic heterocycles. The lowest BCUT2D eigenvalue weighted by Crippen LogP contribution is -2.39. The number of hydrogen-bond acceptors (Lipinski definition) is 3. The van der Waals surface area contributed by atoms with Crippen LogP contribution in [0.15, 0.2) is 18.2 Å². The lowest BCUT2D eigenvalue weighted by atomic mass is 10.0. The fourth-order valence-electron chi connectivity index (χ4n) is 2.67. The maximum absolute atomic E-state index is 13.8. The summed E-state index contributed by atoms with van der Waals surface area (Å²) in [4.78, 5) is 1.93. The third-order valence-corrected chi connectivity index (χ3v) is 3.94. The highest BCUT2D eigenvalue weighted by Crippen LogP contribution is 2.31. The van der Waals surface area contributed by atoms with Crippen LogP contribution in [0.4, 0.5) is 10.1 Å². The van der Waals surface area contributed by atoms with Crippen molar-refractivity contribution in [2.24, 2.45) is 5.73 Å². The molecule has 1 aromatic rings. The van der Waals surface area contributed by atoms with E-state index in [1.54, 1.807) is 12.1 Å². The second-order valence-electron chi connectivity index (χ2n) is 5.32. The molecule has 5 heteroatoms. The van der Waals surface area contributed by atoms with E-state index < -0.39 is 11.4 Å². The zero-order valence-corrected chi connectivity index (χ0v) is 11.8. The van der Waals surface area contributed by atoms with E-state index in [0.29, 0.717) is 6.54 Å². The van der Waals surface area contributed by atoms with Gasteiger partial charge in [-0.15, -0.1) is 0 Å². The van der Waals surface area contributed by atoms with Crippen LogP contribution in [0.3, 0.4) is 0 Å². The Morgan fingerprint density at radius 3 is 2.63 bits per heavy atom. The minimum atomic E-state index is -0.646. The summed E-state index contributed by atoms with van der Waals surface area (Å²) in [5, 5.41) is 10.4. The summed E-state index contributed by atoms with van der Waals surface area (Å²) in [5.74, 6) is -0.421. The Hall–Kier alpha value is -1.20. The zero-order chi connectivity index (χ0) is 14.0. The van der Waals surface area contributed by atoms with Gasteiger partial charge >= 0.3 is 0 Å².